The maximum absolute atomic E-state index is 13.5. The van der Waals surface area contributed by atoms with Crippen molar-refractivity contribution in [3.63, 3.8) is 0 Å². The zero-order valence-corrected chi connectivity index (χ0v) is 20.7. The van der Waals surface area contributed by atoms with Gasteiger partial charge in [-0.2, -0.15) is 18.3 Å². The number of benzene rings is 2. The number of carbonyl (C=O) groups is 2. The van der Waals surface area contributed by atoms with Crippen molar-refractivity contribution in [2.24, 2.45) is 0 Å². The predicted octanol–water partition coefficient (Wildman–Crippen LogP) is 5.89. The molecule has 0 unspecified atom stereocenters. The maximum Gasteiger partial charge on any atom is 0.416 e. The van der Waals surface area contributed by atoms with E-state index in [1.807, 2.05) is 0 Å². The maximum atomic E-state index is 13.5. The number of aromatic nitrogens is 2. The fourth-order valence-electron chi connectivity index (χ4n) is 4.52. The summed E-state index contributed by atoms with van der Waals surface area (Å²) in [6.07, 6.45) is 0.984. The molecule has 6 nitrogen and oxygen atoms in total. The molecule has 5 rings (SSSR count). The predicted molar refractivity (Wildman–Crippen MR) is 134 cm³/mol. The summed E-state index contributed by atoms with van der Waals surface area (Å²) in [5.41, 5.74) is 0.614. The van der Waals surface area contributed by atoms with Crippen molar-refractivity contribution in [3.05, 3.63) is 69.2 Å². The fraction of sp³-hybridized carbons (Fsp3) is 0.320. The van der Waals surface area contributed by atoms with Crippen LogP contribution >= 0.6 is 23.4 Å². The summed E-state index contributed by atoms with van der Waals surface area (Å²) >= 11 is 6.70. The average molecular weight is 535 g/mol. The van der Waals surface area contributed by atoms with Gasteiger partial charge in [-0.25, -0.2) is 0 Å². The quantitative estimate of drug-likeness (QED) is 0.369. The van der Waals surface area contributed by atoms with Crippen molar-refractivity contribution in [2.45, 2.75) is 25.6 Å². The van der Waals surface area contributed by atoms with Crippen molar-refractivity contribution in [1.29, 1.82) is 0 Å². The second-order valence-corrected chi connectivity index (χ2v) is 10.2. The average Bonchev–Trinajstić information content (AvgIpc) is 3.54. The lowest BCUT2D eigenvalue weighted by Gasteiger charge is -2.18. The molecule has 0 radical (unpaired) electrons. The minimum Gasteiger partial charge on any atom is -0.302 e. The van der Waals surface area contributed by atoms with E-state index in [-0.39, 0.29) is 28.3 Å². The molecule has 3 heterocycles. The number of fused-ring (bicyclic) bond motifs is 1. The number of hydrogen-bond acceptors (Lipinski definition) is 5. The van der Waals surface area contributed by atoms with Gasteiger partial charge in [-0.1, -0.05) is 23.7 Å². The number of halogens is 4. The first-order valence-electron chi connectivity index (χ1n) is 11.5. The summed E-state index contributed by atoms with van der Waals surface area (Å²) in [7, 11) is 0. The standard InChI is InChI=1S/C25H22ClF3N4O2S/c26-19-5-4-17(20(13-19)25(27,28)29)15-33-21-6-3-16(11-18(21)14-30-33)12-22-23(34)32(24(35)36-22)10-9-31-7-1-2-8-31/h3-6,11-14H,1-2,7-10,15H2. The third kappa shape index (κ3) is 5.16. The molecule has 2 aliphatic rings. The Morgan fingerprint density at radius 3 is 2.58 bits per heavy atom. The van der Waals surface area contributed by atoms with Crippen molar-refractivity contribution < 1.29 is 22.8 Å². The minimum atomic E-state index is -4.53. The molecule has 2 aromatic carbocycles. The van der Waals surface area contributed by atoms with E-state index >= 15 is 0 Å². The third-order valence-electron chi connectivity index (χ3n) is 6.37. The highest BCUT2D eigenvalue weighted by Crippen LogP contribution is 2.35. The number of hydrogen-bond donors (Lipinski definition) is 0. The lowest BCUT2D eigenvalue weighted by atomic mass is 10.1. The number of amides is 2. The molecular formula is C25H22ClF3N4O2S. The van der Waals surface area contributed by atoms with Crippen molar-refractivity contribution >= 4 is 51.5 Å². The van der Waals surface area contributed by atoms with Crippen LogP contribution in [0.25, 0.3) is 17.0 Å². The Bertz CT molecular complexity index is 1370. The van der Waals surface area contributed by atoms with Gasteiger partial charge in [0.25, 0.3) is 11.1 Å². The topological polar surface area (TPSA) is 58.4 Å². The molecule has 0 N–H and O–H groups in total. The molecule has 2 fully saturated rings. The van der Waals surface area contributed by atoms with Crippen LogP contribution in [0.4, 0.5) is 18.0 Å². The number of carbonyl (C=O) groups excluding carboxylic acids is 2. The zero-order valence-electron chi connectivity index (χ0n) is 19.1. The summed E-state index contributed by atoms with van der Waals surface area (Å²) < 4.78 is 41.9. The number of likely N-dealkylation sites (tertiary alicyclic amines) is 1. The molecule has 0 saturated carbocycles. The summed E-state index contributed by atoms with van der Waals surface area (Å²) in [5.74, 6) is -0.303. The number of imide groups is 1. The van der Waals surface area contributed by atoms with E-state index in [2.05, 4.69) is 10.00 Å². The first-order chi connectivity index (χ1) is 17.2. The number of alkyl halides is 3. The van der Waals surface area contributed by atoms with E-state index in [9.17, 15) is 22.8 Å². The molecule has 1 aromatic heterocycles. The van der Waals surface area contributed by atoms with Crippen molar-refractivity contribution in [1.82, 2.24) is 19.6 Å². The van der Waals surface area contributed by atoms with Gasteiger partial charge in [0.15, 0.2) is 0 Å². The van der Waals surface area contributed by atoms with Gasteiger partial charge in [-0.3, -0.25) is 19.2 Å². The molecule has 2 saturated heterocycles. The Balaban J connectivity index is 1.34. The van der Waals surface area contributed by atoms with E-state index in [0.29, 0.717) is 34.5 Å². The van der Waals surface area contributed by atoms with Crippen LogP contribution in [0, 0.1) is 0 Å². The van der Waals surface area contributed by atoms with E-state index in [0.717, 1.165) is 43.8 Å². The van der Waals surface area contributed by atoms with Gasteiger partial charge in [0.2, 0.25) is 0 Å². The normalized spacial score (nSPS) is 18.3. The highest BCUT2D eigenvalue weighted by Gasteiger charge is 2.35. The first kappa shape index (κ1) is 24.9. The largest absolute Gasteiger partial charge is 0.416 e. The summed E-state index contributed by atoms with van der Waals surface area (Å²) in [6.45, 7) is 2.97. The van der Waals surface area contributed by atoms with E-state index in [1.54, 1.807) is 30.5 Å². The van der Waals surface area contributed by atoms with Crippen LogP contribution in [0.5, 0.6) is 0 Å². The monoisotopic (exact) mass is 534 g/mol. The van der Waals surface area contributed by atoms with Gasteiger partial charge in [0, 0.05) is 23.5 Å². The Kier molecular flexibility index (Phi) is 6.84. The highest BCUT2D eigenvalue weighted by molar-refractivity contribution is 8.18. The molecule has 188 valence electrons. The molecule has 36 heavy (non-hydrogen) atoms. The van der Waals surface area contributed by atoms with E-state index in [4.69, 9.17) is 11.6 Å². The van der Waals surface area contributed by atoms with Crippen molar-refractivity contribution in [3.8, 4) is 0 Å². The lowest BCUT2D eigenvalue weighted by Crippen LogP contribution is -2.36. The van der Waals surface area contributed by atoms with Gasteiger partial charge in [0.05, 0.1) is 28.7 Å². The second-order valence-electron chi connectivity index (χ2n) is 8.80. The summed E-state index contributed by atoms with van der Waals surface area (Å²) in [6, 6.07) is 8.99. The van der Waals surface area contributed by atoms with Crippen LogP contribution in [0.1, 0.15) is 29.5 Å². The highest BCUT2D eigenvalue weighted by atomic mass is 35.5. The molecule has 0 bridgehead atoms. The summed E-state index contributed by atoms with van der Waals surface area (Å²) in [5, 5.41) is 4.71. The molecular weight excluding hydrogens is 513 g/mol. The van der Waals surface area contributed by atoms with Crippen LogP contribution in [0.3, 0.4) is 0 Å². The number of rotatable bonds is 6. The number of nitrogens with zero attached hydrogens (tertiary/aromatic N) is 4. The van der Waals surface area contributed by atoms with Gasteiger partial charge < -0.3 is 4.90 Å². The molecule has 0 aliphatic carbocycles. The zero-order chi connectivity index (χ0) is 25.4. The van der Waals surface area contributed by atoms with Crippen LogP contribution < -0.4 is 0 Å². The van der Waals surface area contributed by atoms with Gasteiger partial charge in [0.1, 0.15) is 0 Å². The molecule has 0 atom stereocenters. The second kappa shape index (κ2) is 9.91. The van der Waals surface area contributed by atoms with Crippen LogP contribution in [0.2, 0.25) is 5.02 Å². The van der Waals surface area contributed by atoms with Crippen molar-refractivity contribution in [2.75, 3.05) is 26.2 Å². The smallest absolute Gasteiger partial charge is 0.302 e. The van der Waals surface area contributed by atoms with Gasteiger partial charge in [-0.05, 0) is 79.2 Å². The third-order valence-corrected chi connectivity index (χ3v) is 7.52. The SMILES string of the molecule is O=C1SC(=Cc2ccc3c(cnn3Cc3ccc(Cl)cc3C(F)(F)F)c2)C(=O)N1CCN1CCCC1. The minimum absolute atomic E-state index is 0.0153. The molecule has 3 aromatic rings. The molecule has 0 spiro atoms. The van der Waals surface area contributed by atoms with E-state index in [1.165, 1.54) is 21.7 Å². The first-order valence-corrected chi connectivity index (χ1v) is 12.7. The van der Waals surface area contributed by atoms with Crippen LogP contribution in [-0.2, 0) is 17.5 Å². The Morgan fingerprint density at radius 2 is 1.83 bits per heavy atom. The van der Waals surface area contributed by atoms with Crippen LogP contribution in [-0.4, -0.2) is 56.9 Å². The van der Waals surface area contributed by atoms with Gasteiger partial charge in [-0.15, -0.1) is 0 Å². The Labute approximate surface area is 214 Å². The summed E-state index contributed by atoms with van der Waals surface area (Å²) in [4.78, 5) is 29.1. The Morgan fingerprint density at radius 1 is 1.06 bits per heavy atom. The van der Waals surface area contributed by atoms with Crippen LogP contribution in [0.15, 0.2) is 47.5 Å². The van der Waals surface area contributed by atoms with Gasteiger partial charge >= 0.3 is 6.18 Å². The molecule has 2 amide bonds. The fourth-order valence-corrected chi connectivity index (χ4v) is 5.56. The Hall–Kier alpha value is -2.82. The lowest BCUT2D eigenvalue weighted by molar-refractivity contribution is -0.138. The molecule has 11 heteroatoms. The van der Waals surface area contributed by atoms with E-state index < -0.39 is 11.7 Å². The number of thioether (sulfide) groups is 1. The molecule has 2 aliphatic heterocycles.